The van der Waals surface area contributed by atoms with Crippen molar-refractivity contribution in [2.45, 2.75) is 19.1 Å². The summed E-state index contributed by atoms with van der Waals surface area (Å²) in [5, 5.41) is 13.3. The first-order valence-electron chi connectivity index (χ1n) is 7.35. The molecule has 0 amide bonds. The van der Waals surface area contributed by atoms with E-state index in [-0.39, 0.29) is 11.6 Å². The Balaban J connectivity index is 2.29. The maximum absolute atomic E-state index is 13.5. The smallest absolute Gasteiger partial charge is 0.197 e. The average Bonchev–Trinajstić information content (AvgIpc) is 2.55. The summed E-state index contributed by atoms with van der Waals surface area (Å²) >= 11 is 0. The lowest BCUT2D eigenvalue weighted by Crippen LogP contribution is -2.23. The fourth-order valence-electron chi connectivity index (χ4n) is 2.34. The number of ketones is 1. The number of halogens is 1. The quantitative estimate of drug-likeness (QED) is 0.770. The normalized spacial score (nSPS) is 13.4. The van der Waals surface area contributed by atoms with Crippen LogP contribution < -0.4 is 5.32 Å². The molecule has 0 aliphatic rings. The third kappa shape index (κ3) is 4.37. The highest BCUT2D eigenvalue weighted by molar-refractivity contribution is 6.04. The lowest BCUT2D eigenvalue weighted by molar-refractivity contribution is 0.0748. The molecule has 0 fully saturated rings. The predicted molar refractivity (Wildman–Crippen MR) is 87.1 cm³/mol. The number of anilines is 1. The van der Waals surface area contributed by atoms with Crippen LogP contribution in [0.4, 0.5) is 10.1 Å². The summed E-state index contributed by atoms with van der Waals surface area (Å²) in [5.74, 6) is -0.939. The Hall–Kier alpha value is -2.24. The third-order valence-corrected chi connectivity index (χ3v) is 3.43. The van der Waals surface area contributed by atoms with Gasteiger partial charge in [-0.05, 0) is 30.7 Å². The maximum atomic E-state index is 13.5. The van der Waals surface area contributed by atoms with E-state index >= 15 is 0 Å². The van der Waals surface area contributed by atoms with Crippen LogP contribution >= 0.6 is 0 Å². The van der Waals surface area contributed by atoms with Crippen molar-refractivity contribution >= 4 is 11.5 Å². The fraction of sp³-hybridized carbons (Fsp3) is 0.278. The highest BCUT2D eigenvalue weighted by Crippen LogP contribution is 2.25. The van der Waals surface area contributed by atoms with Crippen LogP contribution in [0.25, 0.3) is 0 Å². The molecular formula is C18H20FNO3. The van der Waals surface area contributed by atoms with Crippen LogP contribution in [0.3, 0.4) is 0 Å². The molecule has 4 nitrogen and oxygen atoms in total. The van der Waals surface area contributed by atoms with Crippen molar-refractivity contribution in [3.63, 3.8) is 0 Å². The fourth-order valence-corrected chi connectivity index (χ4v) is 2.34. The SMILES string of the molecule is COC[C@@H](C)Nc1cc(F)ccc1C(=O)C(O)c1ccccc1. The first-order chi connectivity index (χ1) is 11.0. The molecule has 0 aliphatic heterocycles. The number of nitrogens with one attached hydrogen (secondary N) is 1. The summed E-state index contributed by atoms with van der Waals surface area (Å²) in [7, 11) is 1.56. The van der Waals surface area contributed by atoms with E-state index in [1.165, 1.54) is 18.2 Å². The zero-order valence-corrected chi connectivity index (χ0v) is 13.1. The molecule has 0 heterocycles. The summed E-state index contributed by atoms with van der Waals surface area (Å²) in [6.07, 6.45) is -1.29. The summed E-state index contributed by atoms with van der Waals surface area (Å²) in [6, 6.07) is 12.4. The van der Waals surface area contributed by atoms with Crippen molar-refractivity contribution in [3.05, 3.63) is 65.5 Å². The van der Waals surface area contributed by atoms with Gasteiger partial charge in [0.05, 0.1) is 6.61 Å². The molecule has 0 saturated heterocycles. The van der Waals surface area contributed by atoms with Crippen LogP contribution in [0.1, 0.15) is 28.9 Å². The minimum Gasteiger partial charge on any atom is -0.383 e. The molecule has 23 heavy (non-hydrogen) atoms. The van der Waals surface area contributed by atoms with Crippen LogP contribution in [0.5, 0.6) is 0 Å². The highest BCUT2D eigenvalue weighted by Gasteiger charge is 2.22. The number of benzene rings is 2. The Labute approximate surface area is 134 Å². The average molecular weight is 317 g/mol. The van der Waals surface area contributed by atoms with Gasteiger partial charge in [-0.1, -0.05) is 30.3 Å². The first kappa shape index (κ1) is 17.1. The Morgan fingerprint density at radius 1 is 1.26 bits per heavy atom. The largest absolute Gasteiger partial charge is 0.383 e. The standard InChI is InChI=1S/C18H20FNO3/c1-12(11-23-2)20-16-10-14(19)8-9-15(16)18(22)17(21)13-6-4-3-5-7-13/h3-10,12,17,20-21H,11H2,1-2H3/t12-,17?/m1/s1. The molecule has 2 aromatic carbocycles. The van der Waals surface area contributed by atoms with Gasteiger partial charge in [0, 0.05) is 24.4 Å². The maximum Gasteiger partial charge on any atom is 0.197 e. The zero-order valence-electron chi connectivity index (χ0n) is 13.1. The number of hydrogen-bond donors (Lipinski definition) is 2. The number of aliphatic hydroxyl groups is 1. The summed E-state index contributed by atoms with van der Waals surface area (Å²) < 4.78 is 18.6. The molecule has 0 saturated carbocycles. The van der Waals surface area contributed by atoms with Crippen molar-refractivity contribution in [2.75, 3.05) is 19.0 Å². The second-order valence-corrected chi connectivity index (χ2v) is 5.37. The third-order valence-electron chi connectivity index (χ3n) is 3.43. The van der Waals surface area contributed by atoms with E-state index in [4.69, 9.17) is 4.74 Å². The summed E-state index contributed by atoms with van der Waals surface area (Å²) in [5.41, 5.74) is 1.08. The van der Waals surface area contributed by atoms with Gasteiger partial charge in [0.1, 0.15) is 11.9 Å². The minimum absolute atomic E-state index is 0.109. The number of carbonyl (C=O) groups is 1. The number of hydrogen-bond acceptors (Lipinski definition) is 4. The summed E-state index contributed by atoms with van der Waals surface area (Å²) in [6.45, 7) is 2.27. The number of rotatable bonds is 7. The van der Waals surface area contributed by atoms with Crippen LogP contribution in [0.15, 0.2) is 48.5 Å². The second-order valence-electron chi connectivity index (χ2n) is 5.37. The van der Waals surface area contributed by atoms with E-state index < -0.39 is 17.7 Å². The van der Waals surface area contributed by atoms with Crippen LogP contribution in [0.2, 0.25) is 0 Å². The van der Waals surface area contributed by atoms with Crippen LogP contribution in [-0.4, -0.2) is 30.6 Å². The van der Waals surface area contributed by atoms with Crippen molar-refractivity contribution in [1.29, 1.82) is 0 Å². The molecule has 1 unspecified atom stereocenters. The zero-order chi connectivity index (χ0) is 16.8. The van der Waals surface area contributed by atoms with Gasteiger partial charge in [0.15, 0.2) is 5.78 Å². The molecule has 0 spiro atoms. The molecule has 0 bridgehead atoms. The van der Waals surface area contributed by atoms with Gasteiger partial charge < -0.3 is 15.2 Å². The lowest BCUT2D eigenvalue weighted by Gasteiger charge is -2.18. The van der Waals surface area contributed by atoms with Gasteiger partial charge in [-0.25, -0.2) is 4.39 Å². The number of aliphatic hydroxyl groups excluding tert-OH is 1. The first-order valence-corrected chi connectivity index (χ1v) is 7.35. The van der Waals surface area contributed by atoms with Crippen molar-refractivity contribution in [1.82, 2.24) is 0 Å². The van der Waals surface area contributed by atoms with E-state index in [0.717, 1.165) is 0 Å². The molecule has 2 atom stereocenters. The van der Waals surface area contributed by atoms with E-state index in [2.05, 4.69) is 5.32 Å². The molecular weight excluding hydrogens is 297 g/mol. The summed E-state index contributed by atoms with van der Waals surface area (Å²) in [4.78, 5) is 12.6. The topological polar surface area (TPSA) is 58.6 Å². The minimum atomic E-state index is -1.29. The predicted octanol–water partition coefficient (Wildman–Crippen LogP) is 3.19. The Morgan fingerprint density at radius 3 is 2.61 bits per heavy atom. The van der Waals surface area contributed by atoms with Gasteiger partial charge in [-0.2, -0.15) is 0 Å². The Morgan fingerprint density at radius 2 is 1.96 bits per heavy atom. The molecule has 2 aromatic rings. The van der Waals surface area contributed by atoms with E-state index in [9.17, 15) is 14.3 Å². The molecule has 122 valence electrons. The number of carbonyl (C=O) groups excluding carboxylic acids is 1. The molecule has 0 aliphatic carbocycles. The number of Topliss-reactive ketones (excluding diaryl/α,β-unsaturated/α-hetero) is 1. The van der Waals surface area contributed by atoms with E-state index in [1.54, 1.807) is 37.4 Å². The van der Waals surface area contributed by atoms with Crippen molar-refractivity contribution in [3.8, 4) is 0 Å². The molecule has 0 radical (unpaired) electrons. The number of ether oxygens (including phenoxy) is 1. The Kier molecular flexibility index (Phi) is 5.84. The van der Waals surface area contributed by atoms with Gasteiger partial charge in [0.25, 0.3) is 0 Å². The van der Waals surface area contributed by atoms with Gasteiger partial charge in [-0.3, -0.25) is 4.79 Å². The van der Waals surface area contributed by atoms with Crippen LogP contribution in [0, 0.1) is 5.82 Å². The van der Waals surface area contributed by atoms with Crippen molar-refractivity contribution in [2.24, 2.45) is 0 Å². The lowest BCUT2D eigenvalue weighted by atomic mass is 9.98. The monoisotopic (exact) mass is 317 g/mol. The highest BCUT2D eigenvalue weighted by atomic mass is 19.1. The second kappa shape index (κ2) is 7.85. The van der Waals surface area contributed by atoms with Gasteiger partial charge in [-0.15, -0.1) is 0 Å². The Bertz CT molecular complexity index is 661. The number of methoxy groups -OCH3 is 1. The van der Waals surface area contributed by atoms with Crippen LogP contribution in [-0.2, 0) is 4.74 Å². The van der Waals surface area contributed by atoms with Crippen molar-refractivity contribution < 1.29 is 19.0 Å². The van der Waals surface area contributed by atoms with E-state index in [0.29, 0.717) is 17.9 Å². The molecule has 0 aromatic heterocycles. The van der Waals surface area contributed by atoms with Gasteiger partial charge in [0.2, 0.25) is 0 Å². The molecule has 2 rings (SSSR count). The molecule has 2 N–H and O–H groups in total. The molecule has 5 heteroatoms. The van der Waals surface area contributed by atoms with E-state index in [1.807, 2.05) is 6.92 Å². The van der Waals surface area contributed by atoms with Gasteiger partial charge >= 0.3 is 0 Å².